The molecule has 0 aliphatic heterocycles. The van der Waals surface area contributed by atoms with E-state index in [1.807, 2.05) is 39.0 Å². The summed E-state index contributed by atoms with van der Waals surface area (Å²) in [5.74, 6) is 10.5. The highest BCUT2D eigenvalue weighted by molar-refractivity contribution is 6.09. The second-order valence-electron chi connectivity index (χ2n) is 4.45. The van der Waals surface area contributed by atoms with E-state index in [2.05, 4.69) is 23.7 Å². The minimum absolute atomic E-state index is 0.0789. The van der Waals surface area contributed by atoms with Gasteiger partial charge in [-0.1, -0.05) is 36.3 Å². The highest BCUT2D eigenvalue weighted by Gasteiger charge is 2.02. The zero-order chi connectivity index (χ0) is 12.0. The molecule has 1 heteroatoms. The normalized spacial score (nSPS) is 9.44. The van der Waals surface area contributed by atoms with Crippen molar-refractivity contribution in [1.82, 2.24) is 0 Å². The minimum atomic E-state index is -0.191. The molecule has 1 aromatic rings. The molecule has 0 heterocycles. The maximum absolute atomic E-state index is 11.5. The molecule has 1 rings (SSSR count). The highest BCUT2D eigenvalue weighted by Crippen LogP contribution is 2.09. The van der Waals surface area contributed by atoms with E-state index in [9.17, 15) is 4.79 Å². The van der Waals surface area contributed by atoms with Crippen molar-refractivity contribution in [2.24, 2.45) is 5.41 Å². The second kappa shape index (κ2) is 5.19. The summed E-state index contributed by atoms with van der Waals surface area (Å²) in [4.78, 5) is 11.5. The van der Waals surface area contributed by atoms with Crippen molar-refractivity contribution in [2.45, 2.75) is 20.8 Å². The Kier molecular flexibility index (Phi) is 3.92. The standard InChI is InChI=1S/C15H14O/c1-15(2,3)12-8-7-11-14(16)13-9-5-4-6-10-13/h4-6,9-10H,1-3H3. The molecular formula is C15H14O. The van der Waals surface area contributed by atoms with Gasteiger partial charge in [-0.15, -0.1) is 0 Å². The van der Waals surface area contributed by atoms with Gasteiger partial charge in [0.15, 0.2) is 0 Å². The molecule has 16 heavy (non-hydrogen) atoms. The summed E-state index contributed by atoms with van der Waals surface area (Å²) in [5, 5.41) is 0. The first kappa shape index (κ1) is 12.1. The highest BCUT2D eigenvalue weighted by atomic mass is 16.1. The molecule has 80 valence electrons. The molecule has 0 N–H and O–H groups in total. The molecule has 0 unspecified atom stereocenters. The molecule has 0 bridgehead atoms. The first-order valence-corrected chi connectivity index (χ1v) is 5.11. The largest absolute Gasteiger partial charge is 0.279 e. The number of rotatable bonds is 1. The molecule has 0 fully saturated rings. The molecule has 0 spiro atoms. The number of benzene rings is 1. The van der Waals surface area contributed by atoms with Crippen molar-refractivity contribution in [2.75, 3.05) is 0 Å². The summed E-state index contributed by atoms with van der Waals surface area (Å²) in [5.41, 5.74) is 0.525. The van der Waals surface area contributed by atoms with Crippen molar-refractivity contribution < 1.29 is 4.79 Å². The fourth-order valence-corrected chi connectivity index (χ4v) is 0.968. The summed E-state index contributed by atoms with van der Waals surface area (Å²) in [6.07, 6.45) is 0. The van der Waals surface area contributed by atoms with Gasteiger partial charge in [-0.3, -0.25) is 4.79 Å². The Balaban J connectivity index is 2.73. The number of hydrogen-bond acceptors (Lipinski definition) is 1. The maximum atomic E-state index is 11.5. The molecule has 0 saturated carbocycles. The summed E-state index contributed by atoms with van der Waals surface area (Å²) in [6, 6.07) is 8.98. The molecule has 0 aromatic heterocycles. The van der Waals surface area contributed by atoms with Crippen LogP contribution >= 0.6 is 0 Å². The lowest BCUT2D eigenvalue weighted by Crippen LogP contribution is -1.98. The average molecular weight is 210 g/mol. The quantitative estimate of drug-likeness (QED) is 0.395. The van der Waals surface area contributed by atoms with Crippen molar-refractivity contribution in [3.63, 3.8) is 0 Å². The van der Waals surface area contributed by atoms with Crippen molar-refractivity contribution in [3.8, 4) is 23.7 Å². The van der Waals surface area contributed by atoms with Gasteiger partial charge in [0.05, 0.1) is 0 Å². The second-order valence-corrected chi connectivity index (χ2v) is 4.45. The molecule has 1 aromatic carbocycles. The summed E-state index contributed by atoms with van der Waals surface area (Å²) >= 11 is 0. The van der Waals surface area contributed by atoms with Gasteiger partial charge in [0.2, 0.25) is 5.78 Å². The third kappa shape index (κ3) is 4.49. The van der Waals surface area contributed by atoms with E-state index in [0.717, 1.165) is 0 Å². The Morgan fingerprint density at radius 1 is 1.06 bits per heavy atom. The van der Waals surface area contributed by atoms with Crippen molar-refractivity contribution in [3.05, 3.63) is 35.9 Å². The molecule has 0 atom stereocenters. The van der Waals surface area contributed by atoms with E-state index in [1.54, 1.807) is 12.1 Å². The van der Waals surface area contributed by atoms with Crippen LogP contribution in [0, 0.1) is 29.1 Å². The van der Waals surface area contributed by atoms with Crippen LogP contribution in [0.25, 0.3) is 0 Å². The summed E-state index contributed by atoms with van der Waals surface area (Å²) in [7, 11) is 0. The van der Waals surface area contributed by atoms with E-state index >= 15 is 0 Å². The van der Waals surface area contributed by atoms with Crippen LogP contribution in [0.15, 0.2) is 30.3 Å². The number of carbonyl (C=O) groups excluding carboxylic acids is 1. The van der Waals surface area contributed by atoms with Crippen LogP contribution in [-0.4, -0.2) is 5.78 Å². The molecule has 0 aliphatic rings. The van der Waals surface area contributed by atoms with Gasteiger partial charge in [-0.25, -0.2) is 0 Å². The van der Waals surface area contributed by atoms with E-state index in [1.165, 1.54) is 0 Å². The van der Waals surface area contributed by atoms with Crippen LogP contribution in [-0.2, 0) is 0 Å². The fraction of sp³-hybridized carbons (Fsp3) is 0.267. The van der Waals surface area contributed by atoms with Gasteiger partial charge in [-0.2, -0.15) is 0 Å². The lowest BCUT2D eigenvalue weighted by molar-refractivity contribution is 0.105. The van der Waals surface area contributed by atoms with Crippen LogP contribution in [0.1, 0.15) is 31.1 Å². The minimum Gasteiger partial charge on any atom is -0.279 e. The molecule has 1 nitrogen and oxygen atoms in total. The van der Waals surface area contributed by atoms with Crippen LogP contribution in [0.4, 0.5) is 0 Å². The predicted octanol–water partition coefficient (Wildman–Crippen LogP) is 2.92. The van der Waals surface area contributed by atoms with E-state index in [4.69, 9.17) is 0 Å². The van der Waals surface area contributed by atoms with Crippen molar-refractivity contribution in [1.29, 1.82) is 0 Å². The Hall–Kier alpha value is -1.99. The fourth-order valence-electron chi connectivity index (χ4n) is 0.968. The Bertz CT molecular complexity index is 481. The van der Waals surface area contributed by atoms with E-state index in [-0.39, 0.29) is 11.2 Å². The van der Waals surface area contributed by atoms with Gasteiger partial charge in [-0.05, 0) is 38.5 Å². The van der Waals surface area contributed by atoms with Gasteiger partial charge in [0.1, 0.15) is 0 Å². The van der Waals surface area contributed by atoms with E-state index in [0.29, 0.717) is 5.56 Å². The maximum Gasteiger partial charge on any atom is 0.236 e. The monoisotopic (exact) mass is 210 g/mol. The molecule has 0 aliphatic carbocycles. The first-order chi connectivity index (χ1) is 7.49. The molecule has 0 saturated heterocycles. The number of carbonyl (C=O) groups is 1. The lowest BCUT2D eigenvalue weighted by atomic mass is 9.98. The third-order valence-electron chi connectivity index (χ3n) is 1.71. The Labute approximate surface area is 96.9 Å². The Morgan fingerprint density at radius 2 is 1.69 bits per heavy atom. The SMILES string of the molecule is CC(C)(C)C#CC#CC(=O)c1ccccc1. The lowest BCUT2D eigenvalue weighted by Gasteiger charge is -2.05. The molecular weight excluding hydrogens is 196 g/mol. The zero-order valence-corrected chi connectivity index (χ0v) is 9.79. The smallest absolute Gasteiger partial charge is 0.236 e. The van der Waals surface area contributed by atoms with Gasteiger partial charge < -0.3 is 0 Å². The average Bonchev–Trinajstić information content (AvgIpc) is 2.24. The van der Waals surface area contributed by atoms with Crippen LogP contribution in [0.5, 0.6) is 0 Å². The van der Waals surface area contributed by atoms with Crippen LogP contribution in [0.2, 0.25) is 0 Å². The van der Waals surface area contributed by atoms with Gasteiger partial charge in [0.25, 0.3) is 0 Å². The van der Waals surface area contributed by atoms with Crippen molar-refractivity contribution >= 4 is 5.78 Å². The first-order valence-electron chi connectivity index (χ1n) is 5.11. The van der Waals surface area contributed by atoms with Crippen LogP contribution in [0.3, 0.4) is 0 Å². The molecule has 0 amide bonds. The predicted molar refractivity (Wildman–Crippen MR) is 65.8 cm³/mol. The van der Waals surface area contributed by atoms with E-state index < -0.39 is 0 Å². The zero-order valence-electron chi connectivity index (χ0n) is 9.79. The third-order valence-corrected chi connectivity index (χ3v) is 1.71. The Morgan fingerprint density at radius 3 is 2.25 bits per heavy atom. The topological polar surface area (TPSA) is 17.1 Å². The van der Waals surface area contributed by atoms with Crippen LogP contribution < -0.4 is 0 Å². The number of hydrogen-bond donors (Lipinski definition) is 0. The molecule has 0 radical (unpaired) electrons. The van der Waals surface area contributed by atoms with Gasteiger partial charge >= 0.3 is 0 Å². The van der Waals surface area contributed by atoms with Gasteiger partial charge in [0, 0.05) is 11.0 Å². The summed E-state index contributed by atoms with van der Waals surface area (Å²) in [6.45, 7) is 6.00. The number of Topliss-reactive ketones (excluding diaryl/α,β-unsaturated/α-hetero) is 1. The number of ketones is 1. The summed E-state index contributed by atoms with van der Waals surface area (Å²) < 4.78 is 0.